The molecule has 0 aliphatic heterocycles. The molecule has 2 heterocycles. The Hall–Kier alpha value is -3.30. The lowest BCUT2D eigenvalue weighted by Gasteiger charge is -2.14. The second kappa shape index (κ2) is 6.90. The zero-order valence-electron chi connectivity index (χ0n) is 13.5. The molecule has 3 rings (SSSR count). The number of amides is 2. The van der Waals surface area contributed by atoms with E-state index in [1.807, 2.05) is 0 Å². The van der Waals surface area contributed by atoms with E-state index in [-0.39, 0.29) is 11.6 Å². The number of urea groups is 1. The fourth-order valence-corrected chi connectivity index (χ4v) is 2.35. The summed E-state index contributed by atoms with van der Waals surface area (Å²) in [5.74, 6) is 0.409. The van der Waals surface area contributed by atoms with Crippen molar-refractivity contribution in [3.63, 3.8) is 0 Å². The first-order valence-electron chi connectivity index (χ1n) is 7.61. The minimum Gasteiger partial charge on any atom is -0.479 e. The number of carbonyl (C=O) groups is 1. The normalized spacial score (nSPS) is 11.4. The van der Waals surface area contributed by atoms with E-state index in [1.165, 1.54) is 16.5 Å². The highest BCUT2D eigenvalue weighted by atomic mass is 19.4. The van der Waals surface area contributed by atoms with Crippen LogP contribution >= 0.6 is 0 Å². The maximum absolute atomic E-state index is 13.0. The zero-order valence-corrected chi connectivity index (χ0v) is 13.5. The molecule has 0 spiro atoms. The number of carbonyl (C=O) groups excluding carboxylic acids is 1. The lowest BCUT2D eigenvalue weighted by molar-refractivity contribution is -0.136. The number of benzene rings is 1. The Balaban J connectivity index is 1.85. The standard InChI is InChI=1S/C16H14F3N5O2/c1-2-26-13-9-5-8-12-22-23-14(24(12)13)21-15(25)20-11-7-4-3-6-10(11)16(17,18)19/h3-9H,2H2,1H3,(H2,20,21,23,25). The maximum Gasteiger partial charge on any atom is 0.418 e. The molecule has 2 aromatic heterocycles. The van der Waals surface area contributed by atoms with Crippen molar-refractivity contribution in [3.8, 4) is 5.88 Å². The molecule has 0 aliphatic rings. The van der Waals surface area contributed by atoms with Gasteiger partial charge in [-0.1, -0.05) is 18.2 Å². The van der Waals surface area contributed by atoms with Gasteiger partial charge in [0.15, 0.2) is 5.65 Å². The molecule has 0 atom stereocenters. The van der Waals surface area contributed by atoms with Crippen molar-refractivity contribution in [1.82, 2.24) is 14.6 Å². The lowest BCUT2D eigenvalue weighted by atomic mass is 10.1. The van der Waals surface area contributed by atoms with Crippen molar-refractivity contribution >= 4 is 23.3 Å². The third kappa shape index (κ3) is 3.53. The molecule has 0 radical (unpaired) electrons. The van der Waals surface area contributed by atoms with E-state index >= 15 is 0 Å². The van der Waals surface area contributed by atoms with Gasteiger partial charge in [0.05, 0.1) is 17.9 Å². The SMILES string of the molecule is CCOc1cccc2nnc(NC(=O)Nc3ccccc3C(F)(F)F)n12. The quantitative estimate of drug-likeness (QED) is 0.737. The molecule has 0 saturated carbocycles. The fourth-order valence-electron chi connectivity index (χ4n) is 2.35. The van der Waals surface area contributed by atoms with E-state index in [9.17, 15) is 18.0 Å². The molecule has 136 valence electrons. The predicted octanol–water partition coefficient (Wildman–Crippen LogP) is 3.79. The summed E-state index contributed by atoms with van der Waals surface area (Å²) in [5.41, 5.74) is -0.894. The molecule has 10 heteroatoms. The van der Waals surface area contributed by atoms with Crippen LogP contribution in [0, 0.1) is 0 Å². The second-order valence-electron chi connectivity index (χ2n) is 5.14. The van der Waals surface area contributed by atoms with Crippen LogP contribution < -0.4 is 15.4 Å². The van der Waals surface area contributed by atoms with E-state index in [4.69, 9.17) is 4.74 Å². The number of hydrogen-bond donors (Lipinski definition) is 2. The molecule has 0 saturated heterocycles. The third-order valence-corrected chi connectivity index (χ3v) is 3.39. The van der Waals surface area contributed by atoms with Crippen LogP contribution in [0.3, 0.4) is 0 Å². The molecule has 2 N–H and O–H groups in total. The number of nitrogens with zero attached hydrogens (tertiary/aromatic N) is 3. The van der Waals surface area contributed by atoms with Crippen molar-refractivity contribution in [1.29, 1.82) is 0 Å². The fraction of sp³-hybridized carbons (Fsp3) is 0.188. The number of pyridine rings is 1. The number of para-hydroxylation sites is 1. The average molecular weight is 365 g/mol. The van der Waals surface area contributed by atoms with Gasteiger partial charge >= 0.3 is 12.2 Å². The number of rotatable bonds is 4. The minimum absolute atomic E-state index is 0.0195. The number of anilines is 2. The number of fused-ring (bicyclic) bond motifs is 1. The van der Waals surface area contributed by atoms with Crippen LogP contribution in [0.1, 0.15) is 12.5 Å². The summed E-state index contributed by atoms with van der Waals surface area (Å²) in [6.07, 6.45) is -4.59. The molecule has 26 heavy (non-hydrogen) atoms. The summed E-state index contributed by atoms with van der Waals surface area (Å²) in [7, 11) is 0. The predicted molar refractivity (Wildman–Crippen MR) is 88.2 cm³/mol. The molecular formula is C16H14F3N5O2. The van der Waals surface area contributed by atoms with Crippen molar-refractivity contribution in [2.45, 2.75) is 13.1 Å². The van der Waals surface area contributed by atoms with E-state index in [0.717, 1.165) is 12.1 Å². The summed E-state index contributed by atoms with van der Waals surface area (Å²) in [5, 5.41) is 12.3. The van der Waals surface area contributed by atoms with Crippen LogP contribution in [0.4, 0.5) is 29.6 Å². The number of nitrogens with one attached hydrogen (secondary N) is 2. The third-order valence-electron chi connectivity index (χ3n) is 3.39. The first kappa shape index (κ1) is 17.5. The van der Waals surface area contributed by atoms with Gasteiger partial charge in [0, 0.05) is 0 Å². The summed E-state index contributed by atoms with van der Waals surface area (Å²) in [4.78, 5) is 12.2. The minimum atomic E-state index is -4.59. The van der Waals surface area contributed by atoms with Crippen molar-refractivity contribution < 1.29 is 22.7 Å². The van der Waals surface area contributed by atoms with Crippen LogP contribution in [0.5, 0.6) is 5.88 Å². The van der Waals surface area contributed by atoms with Gasteiger partial charge in [-0.15, -0.1) is 10.2 Å². The molecule has 7 nitrogen and oxygen atoms in total. The number of halogens is 3. The Morgan fingerprint density at radius 2 is 1.88 bits per heavy atom. The smallest absolute Gasteiger partial charge is 0.418 e. The van der Waals surface area contributed by atoms with Gasteiger partial charge in [0.1, 0.15) is 0 Å². The number of ether oxygens (including phenoxy) is 1. The molecule has 3 aromatic rings. The number of alkyl halides is 3. The summed E-state index contributed by atoms with van der Waals surface area (Å²) < 4.78 is 45.9. The zero-order chi connectivity index (χ0) is 18.7. The van der Waals surface area contributed by atoms with Gasteiger partial charge in [0.2, 0.25) is 11.8 Å². The van der Waals surface area contributed by atoms with Crippen LogP contribution in [0.25, 0.3) is 5.65 Å². The monoisotopic (exact) mass is 365 g/mol. The largest absolute Gasteiger partial charge is 0.479 e. The summed E-state index contributed by atoms with van der Waals surface area (Å²) in [6.45, 7) is 2.17. The van der Waals surface area contributed by atoms with Gasteiger partial charge in [-0.3, -0.25) is 5.32 Å². The van der Waals surface area contributed by atoms with Gasteiger partial charge in [0.25, 0.3) is 0 Å². The van der Waals surface area contributed by atoms with Crippen LogP contribution in [0.2, 0.25) is 0 Å². The van der Waals surface area contributed by atoms with Crippen LogP contribution in [0.15, 0.2) is 42.5 Å². The average Bonchev–Trinajstić information content (AvgIpc) is 2.98. The van der Waals surface area contributed by atoms with Crippen LogP contribution in [-0.4, -0.2) is 27.2 Å². The van der Waals surface area contributed by atoms with Crippen LogP contribution in [-0.2, 0) is 6.18 Å². The molecular weight excluding hydrogens is 351 g/mol. The van der Waals surface area contributed by atoms with Crippen molar-refractivity contribution in [3.05, 3.63) is 48.0 Å². The second-order valence-corrected chi connectivity index (χ2v) is 5.14. The number of aromatic nitrogens is 3. The Morgan fingerprint density at radius 1 is 1.12 bits per heavy atom. The Bertz CT molecular complexity index is 939. The molecule has 1 aromatic carbocycles. The Kier molecular flexibility index (Phi) is 4.65. The first-order valence-corrected chi connectivity index (χ1v) is 7.61. The van der Waals surface area contributed by atoms with E-state index in [2.05, 4.69) is 20.8 Å². The highest BCUT2D eigenvalue weighted by Crippen LogP contribution is 2.34. The highest BCUT2D eigenvalue weighted by Gasteiger charge is 2.33. The lowest BCUT2D eigenvalue weighted by Crippen LogP contribution is -2.23. The molecule has 0 fully saturated rings. The first-order chi connectivity index (χ1) is 12.4. The molecule has 2 amide bonds. The van der Waals surface area contributed by atoms with E-state index < -0.39 is 17.8 Å². The Labute approximate surface area is 145 Å². The highest BCUT2D eigenvalue weighted by molar-refractivity contribution is 5.99. The van der Waals surface area contributed by atoms with Gasteiger partial charge in [-0.05, 0) is 31.2 Å². The maximum atomic E-state index is 13.0. The van der Waals surface area contributed by atoms with Gasteiger partial charge < -0.3 is 10.1 Å². The number of hydrogen-bond acceptors (Lipinski definition) is 4. The summed E-state index contributed by atoms with van der Waals surface area (Å²) >= 11 is 0. The Morgan fingerprint density at radius 3 is 2.62 bits per heavy atom. The molecule has 0 bridgehead atoms. The summed E-state index contributed by atoms with van der Waals surface area (Å²) in [6, 6.07) is 8.81. The van der Waals surface area contributed by atoms with Gasteiger partial charge in [-0.2, -0.15) is 13.2 Å². The van der Waals surface area contributed by atoms with E-state index in [0.29, 0.717) is 18.1 Å². The molecule has 0 aliphatic carbocycles. The molecule has 0 unspecified atom stereocenters. The van der Waals surface area contributed by atoms with Crippen molar-refractivity contribution in [2.75, 3.05) is 17.2 Å². The van der Waals surface area contributed by atoms with E-state index in [1.54, 1.807) is 25.1 Å². The van der Waals surface area contributed by atoms with Crippen molar-refractivity contribution in [2.24, 2.45) is 0 Å². The topological polar surface area (TPSA) is 80.6 Å². The van der Waals surface area contributed by atoms with Gasteiger partial charge in [-0.25, -0.2) is 9.20 Å².